The van der Waals surface area contributed by atoms with E-state index in [0.29, 0.717) is 6.04 Å². The minimum absolute atomic E-state index is 0.603. The van der Waals surface area contributed by atoms with Crippen molar-refractivity contribution in [3.63, 3.8) is 0 Å². The molecular formula is C16H24ClNS. The van der Waals surface area contributed by atoms with Crippen LogP contribution in [0.4, 0.5) is 0 Å². The van der Waals surface area contributed by atoms with Crippen molar-refractivity contribution in [1.82, 2.24) is 5.32 Å². The molecule has 1 aromatic rings. The lowest BCUT2D eigenvalue weighted by molar-refractivity contribution is 0.461. The molecule has 1 nitrogen and oxygen atoms in total. The van der Waals surface area contributed by atoms with Crippen LogP contribution in [0.1, 0.15) is 38.2 Å². The van der Waals surface area contributed by atoms with E-state index in [1.54, 1.807) is 0 Å². The molecule has 0 aliphatic carbocycles. The van der Waals surface area contributed by atoms with Gasteiger partial charge in [0.1, 0.15) is 0 Å². The Labute approximate surface area is 126 Å². The SMILES string of the molecule is CCCNC(Cc1ccc(Cl)cc1)C1CCCCS1. The van der Waals surface area contributed by atoms with E-state index in [9.17, 15) is 0 Å². The van der Waals surface area contributed by atoms with Gasteiger partial charge in [-0.25, -0.2) is 0 Å². The first-order chi connectivity index (χ1) is 9.29. The van der Waals surface area contributed by atoms with Crippen molar-refractivity contribution in [2.24, 2.45) is 0 Å². The summed E-state index contributed by atoms with van der Waals surface area (Å²) in [5.74, 6) is 1.33. The number of hydrogen-bond acceptors (Lipinski definition) is 2. The Morgan fingerprint density at radius 2 is 2.11 bits per heavy atom. The molecular weight excluding hydrogens is 274 g/mol. The van der Waals surface area contributed by atoms with E-state index in [1.807, 2.05) is 12.1 Å². The van der Waals surface area contributed by atoms with Crippen molar-refractivity contribution in [2.45, 2.75) is 50.3 Å². The summed E-state index contributed by atoms with van der Waals surface area (Å²) in [6.45, 7) is 3.36. The van der Waals surface area contributed by atoms with Crippen LogP contribution in [-0.2, 0) is 6.42 Å². The van der Waals surface area contributed by atoms with E-state index in [0.717, 1.165) is 23.2 Å². The first-order valence-corrected chi connectivity index (χ1v) is 8.81. The molecule has 106 valence electrons. The lowest BCUT2D eigenvalue weighted by atomic mass is 9.99. The fraction of sp³-hybridized carbons (Fsp3) is 0.625. The second-order valence-corrected chi connectivity index (χ2v) is 7.08. The Bertz CT molecular complexity index is 360. The Hall–Kier alpha value is -0.180. The molecule has 2 atom stereocenters. The van der Waals surface area contributed by atoms with Gasteiger partial charge in [-0.2, -0.15) is 11.8 Å². The van der Waals surface area contributed by atoms with Crippen LogP contribution in [0.25, 0.3) is 0 Å². The molecule has 0 amide bonds. The third-order valence-electron chi connectivity index (χ3n) is 3.69. The molecule has 1 aliphatic rings. The first kappa shape index (κ1) is 15.2. The van der Waals surface area contributed by atoms with Gasteiger partial charge >= 0.3 is 0 Å². The quantitative estimate of drug-likeness (QED) is 0.827. The van der Waals surface area contributed by atoms with Crippen LogP contribution in [0.2, 0.25) is 5.02 Å². The van der Waals surface area contributed by atoms with E-state index in [-0.39, 0.29) is 0 Å². The van der Waals surface area contributed by atoms with Gasteiger partial charge in [0.05, 0.1) is 0 Å². The highest BCUT2D eigenvalue weighted by molar-refractivity contribution is 8.00. The summed E-state index contributed by atoms with van der Waals surface area (Å²) < 4.78 is 0. The maximum absolute atomic E-state index is 5.96. The lowest BCUT2D eigenvalue weighted by Crippen LogP contribution is -2.41. The summed E-state index contributed by atoms with van der Waals surface area (Å²) >= 11 is 8.12. The zero-order valence-corrected chi connectivity index (χ0v) is 13.3. The molecule has 1 aliphatic heterocycles. The Kier molecular flexibility index (Phi) is 6.55. The van der Waals surface area contributed by atoms with Crippen LogP contribution in [0.3, 0.4) is 0 Å². The summed E-state index contributed by atoms with van der Waals surface area (Å²) in [6, 6.07) is 8.93. The molecule has 0 spiro atoms. The monoisotopic (exact) mass is 297 g/mol. The molecule has 0 aromatic heterocycles. The Morgan fingerprint density at radius 1 is 1.32 bits per heavy atom. The van der Waals surface area contributed by atoms with E-state index in [1.165, 1.54) is 37.0 Å². The molecule has 2 rings (SSSR count). The zero-order valence-electron chi connectivity index (χ0n) is 11.7. The highest BCUT2D eigenvalue weighted by Gasteiger charge is 2.23. The molecule has 1 heterocycles. The van der Waals surface area contributed by atoms with Crippen LogP contribution < -0.4 is 5.32 Å². The van der Waals surface area contributed by atoms with Gasteiger partial charge in [0.15, 0.2) is 0 Å². The molecule has 2 unspecified atom stereocenters. The molecule has 3 heteroatoms. The number of benzene rings is 1. The first-order valence-electron chi connectivity index (χ1n) is 7.39. The van der Waals surface area contributed by atoms with Gasteiger partial charge < -0.3 is 5.32 Å². The van der Waals surface area contributed by atoms with Crippen LogP contribution in [0.15, 0.2) is 24.3 Å². The Morgan fingerprint density at radius 3 is 2.74 bits per heavy atom. The fourth-order valence-corrected chi connectivity index (χ4v) is 4.18. The summed E-state index contributed by atoms with van der Waals surface area (Å²) in [6.07, 6.45) is 6.47. The molecule has 0 radical (unpaired) electrons. The average molecular weight is 298 g/mol. The number of thioether (sulfide) groups is 1. The van der Waals surface area contributed by atoms with E-state index in [4.69, 9.17) is 11.6 Å². The maximum atomic E-state index is 5.96. The molecule has 1 saturated heterocycles. The second-order valence-electron chi connectivity index (χ2n) is 5.30. The fourth-order valence-electron chi connectivity index (χ4n) is 2.62. The van der Waals surface area contributed by atoms with Crippen LogP contribution >= 0.6 is 23.4 Å². The highest BCUT2D eigenvalue weighted by atomic mass is 35.5. The van der Waals surface area contributed by atoms with Crippen LogP contribution in [-0.4, -0.2) is 23.6 Å². The van der Waals surface area contributed by atoms with Gasteiger partial charge in [-0.3, -0.25) is 0 Å². The van der Waals surface area contributed by atoms with E-state index < -0.39 is 0 Å². The number of hydrogen-bond donors (Lipinski definition) is 1. The van der Waals surface area contributed by atoms with Gasteiger partial charge in [-0.05, 0) is 55.7 Å². The third kappa shape index (κ3) is 5.02. The standard InChI is InChI=1S/C16H24ClNS/c1-2-10-18-15(16-5-3-4-11-19-16)12-13-6-8-14(17)9-7-13/h6-9,15-16,18H,2-5,10-12H2,1H3. The van der Waals surface area contributed by atoms with Crippen molar-refractivity contribution in [1.29, 1.82) is 0 Å². The summed E-state index contributed by atoms with van der Waals surface area (Å²) in [7, 11) is 0. The predicted octanol–water partition coefficient (Wildman–Crippen LogP) is 4.54. The minimum Gasteiger partial charge on any atom is -0.313 e. The van der Waals surface area contributed by atoms with Crippen LogP contribution in [0.5, 0.6) is 0 Å². The molecule has 1 fully saturated rings. The highest BCUT2D eigenvalue weighted by Crippen LogP contribution is 2.29. The minimum atomic E-state index is 0.603. The molecule has 0 bridgehead atoms. The number of rotatable bonds is 6. The zero-order chi connectivity index (χ0) is 13.5. The molecule has 0 saturated carbocycles. The molecule has 1 aromatic carbocycles. The van der Waals surface area contributed by atoms with Gasteiger partial charge in [0.25, 0.3) is 0 Å². The summed E-state index contributed by atoms with van der Waals surface area (Å²) in [5, 5.41) is 5.35. The van der Waals surface area contributed by atoms with Crippen molar-refractivity contribution in [2.75, 3.05) is 12.3 Å². The van der Waals surface area contributed by atoms with Gasteiger partial charge in [-0.1, -0.05) is 37.1 Å². The van der Waals surface area contributed by atoms with Crippen molar-refractivity contribution in [3.05, 3.63) is 34.9 Å². The van der Waals surface area contributed by atoms with Crippen molar-refractivity contribution in [3.8, 4) is 0 Å². The second kappa shape index (κ2) is 8.18. The largest absolute Gasteiger partial charge is 0.313 e. The van der Waals surface area contributed by atoms with E-state index in [2.05, 4.69) is 36.1 Å². The van der Waals surface area contributed by atoms with Gasteiger partial charge in [0, 0.05) is 16.3 Å². The Balaban J connectivity index is 1.97. The van der Waals surface area contributed by atoms with Gasteiger partial charge in [-0.15, -0.1) is 0 Å². The summed E-state index contributed by atoms with van der Waals surface area (Å²) in [4.78, 5) is 0. The maximum Gasteiger partial charge on any atom is 0.0406 e. The lowest BCUT2D eigenvalue weighted by Gasteiger charge is -2.31. The van der Waals surface area contributed by atoms with E-state index >= 15 is 0 Å². The third-order valence-corrected chi connectivity index (χ3v) is 5.46. The summed E-state index contributed by atoms with van der Waals surface area (Å²) in [5.41, 5.74) is 1.39. The van der Waals surface area contributed by atoms with Crippen molar-refractivity contribution >= 4 is 23.4 Å². The topological polar surface area (TPSA) is 12.0 Å². The predicted molar refractivity (Wildman–Crippen MR) is 87.3 cm³/mol. The normalized spacial score (nSPS) is 21.3. The molecule has 1 N–H and O–H groups in total. The number of halogens is 1. The average Bonchev–Trinajstić information content (AvgIpc) is 2.46. The van der Waals surface area contributed by atoms with Crippen LogP contribution in [0, 0.1) is 0 Å². The molecule has 19 heavy (non-hydrogen) atoms. The number of nitrogens with one attached hydrogen (secondary N) is 1. The van der Waals surface area contributed by atoms with Gasteiger partial charge in [0.2, 0.25) is 0 Å². The smallest absolute Gasteiger partial charge is 0.0406 e. The van der Waals surface area contributed by atoms with Crippen molar-refractivity contribution < 1.29 is 0 Å².